The molecule has 0 atom stereocenters. The Bertz CT molecular complexity index is 1080. The number of aromatic nitrogens is 3. The molecule has 0 aliphatic heterocycles. The summed E-state index contributed by atoms with van der Waals surface area (Å²) >= 11 is 1.25. The van der Waals surface area contributed by atoms with E-state index in [2.05, 4.69) is 64.9 Å². The normalized spacial score (nSPS) is 11.0. The minimum absolute atomic E-state index is 0.628. The Morgan fingerprint density at radius 3 is 2.52 bits per heavy atom. The predicted molar refractivity (Wildman–Crippen MR) is 104 cm³/mol. The van der Waals surface area contributed by atoms with Crippen molar-refractivity contribution in [3.63, 3.8) is 0 Å². The van der Waals surface area contributed by atoms with Gasteiger partial charge < -0.3 is 0 Å². The van der Waals surface area contributed by atoms with Gasteiger partial charge in [0.2, 0.25) is 0 Å². The van der Waals surface area contributed by atoms with Crippen LogP contribution in [0.25, 0.3) is 22.0 Å². The van der Waals surface area contributed by atoms with Crippen molar-refractivity contribution < 1.29 is 24.1 Å². The molecular formula is C22H19N3OW. The van der Waals surface area contributed by atoms with Gasteiger partial charge in [0, 0.05) is 0 Å². The quantitative estimate of drug-likeness (QED) is 0.379. The van der Waals surface area contributed by atoms with Crippen LogP contribution in [0, 0.1) is 0 Å². The summed E-state index contributed by atoms with van der Waals surface area (Å²) in [4.78, 5) is 0. The molecule has 0 N–H and O–H groups in total. The van der Waals surface area contributed by atoms with Crippen LogP contribution in [0.2, 0.25) is 0 Å². The van der Waals surface area contributed by atoms with Crippen LogP contribution in [0.4, 0.5) is 0 Å². The Morgan fingerprint density at radius 1 is 0.963 bits per heavy atom. The van der Waals surface area contributed by atoms with Crippen molar-refractivity contribution in [3.8, 4) is 11.3 Å². The molecule has 0 fully saturated rings. The molecule has 4 rings (SSSR count). The third kappa shape index (κ3) is 3.69. The molecule has 0 spiro atoms. The zero-order chi connectivity index (χ0) is 18.6. The van der Waals surface area contributed by atoms with Gasteiger partial charge in [-0.15, -0.1) is 0 Å². The molecule has 0 bridgehead atoms. The second-order valence-electron chi connectivity index (χ2n) is 6.17. The van der Waals surface area contributed by atoms with Crippen molar-refractivity contribution >= 4 is 14.9 Å². The molecule has 0 aliphatic carbocycles. The first kappa shape index (κ1) is 18.0. The van der Waals surface area contributed by atoms with Gasteiger partial charge in [0.25, 0.3) is 0 Å². The van der Waals surface area contributed by atoms with Gasteiger partial charge in [0.15, 0.2) is 0 Å². The number of ether oxygens (including phenoxy) is 1. The van der Waals surface area contributed by atoms with Crippen LogP contribution in [0.1, 0.15) is 18.2 Å². The number of rotatable bonds is 6. The van der Waals surface area contributed by atoms with Crippen LogP contribution >= 0.6 is 0 Å². The second kappa shape index (κ2) is 8.08. The molecule has 5 heteroatoms. The molecule has 4 aromatic rings. The second-order valence-corrected chi connectivity index (χ2v) is 7.50. The first-order valence-corrected chi connectivity index (χ1v) is 10.4. The molecule has 0 saturated carbocycles. The van der Waals surface area contributed by atoms with Gasteiger partial charge in [-0.25, -0.2) is 0 Å². The Labute approximate surface area is 169 Å². The maximum atomic E-state index is 5.76. The molecule has 0 aliphatic rings. The van der Waals surface area contributed by atoms with Crippen LogP contribution in [0.15, 0.2) is 72.8 Å². The summed E-state index contributed by atoms with van der Waals surface area (Å²) in [6, 6.07) is 25.1. The maximum absolute atomic E-state index is 5.76. The zero-order valence-corrected chi connectivity index (χ0v) is 17.9. The first-order chi connectivity index (χ1) is 13.3. The van der Waals surface area contributed by atoms with E-state index < -0.39 is 0 Å². The van der Waals surface area contributed by atoms with E-state index in [-0.39, 0.29) is 0 Å². The first-order valence-electron chi connectivity index (χ1n) is 8.90. The molecule has 3 aromatic carbocycles. The molecule has 0 radical (unpaired) electrons. The number of hydrogen-bond acceptors (Lipinski definition) is 3. The standard InChI is InChI=1S/C22H19N3O.W/c1-2-26-16-21-22(18-10-4-3-5-11-18)25(24-23-21)15-19-13-8-12-17-9-6-7-14-20(17)19;/h3-14H,2,15H2,1H3;. The van der Waals surface area contributed by atoms with Crippen LogP contribution in [-0.2, 0) is 30.6 Å². The fourth-order valence-corrected chi connectivity index (χ4v) is 4.15. The molecule has 4 nitrogen and oxygen atoms in total. The van der Waals surface area contributed by atoms with Crippen molar-refractivity contribution in [1.82, 2.24) is 15.0 Å². The van der Waals surface area contributed by atoms with Crippen LogP contribution in [0.5, 0.6) is 0 Å². The van der Waals surface area contributed by atoms with E-state index in [1.54, 1.807) is 0 Å². The summed E-state index contributed by atoms with van der Waals surface area (Å²) in [5, 5.41) is 11.4. The Kier molecular flexibility index (Phi) is 5.37. The van der Waals surface area contributed by atoms with Gasteiger partial charge >= 0.3 is 169 Å². The van der Waals surface area contributed by atoms with Crippen LogP contribution in [-0.4, -0.2) is 25.7 Å². The molecule has 0 amide bonds. The van der Waals surface area contributed by atoms with Crippen molar-refractivity contribution in [2.24, 2.45) is 0 Å². The molecule has 27 heavy (non-hydrogen) atoms. The Morgan fingerprint density at radius 2 is 1.70 bits per heavy atom. The Hall–Kier alpha value is -2.42. The summed E-state index contributed by atoms with van der Waals surface area (Å²) < 4.78 is 8.62. The molecule has 134 valence electrons. The Balaban J connectivity index is 1.82. The molecule has 1 heterocycles. The molecule has 1 aromatic heterocycles. The fourth-order valence-electron chi connectivity index (χ4n) is 3.23. The van der Waals surface area contributed by atoms with Gasteiger partial charge in [-0.1, -0.05) is 0 Å². The van der Waals surface area contributed by atoms with E-state index in [1.165, 1.54) is 35.7 Å². The van der Waals surface area contributed by atoms with Gasteiger partial charge in [0.05, 0.1) is 0 Å². The van der Waals surface area contributed by atoms with Gasteiger partial charge in [-0.3, -0.25) is 0 Å². The molecule has 0 saturated heterocycles. The van der Waals surface area contributed by atoms with Crippen molar-refractivity contribution in [1.29, 1.82) is 0 Å². The monoisotopic (exact) mass is 525 g/mol. The van der Waals surface area contributed by atoms with Crippen LogP contribution < -0.4 is 0 Å². The average molecular weight is 525 g/mol. The number of hydrogen-bond donors (Lipinski definition) is 0. The molecular weight excluding hydrogens is 506 g/mol. The summed E-state index contributed by atoms with van der Waals surface area (Å²) in [7, 11) is 0. The number of nitrogens with zero attached hydrogens (tertiary/aromatic N) is 3. The summed E-state index contributed by atoms with van der Waals surface area (Å²) in [5.41, 5.74) is 4.15. The summed E-state index contributed by atoms with van der Waals surface area (Å²) in [5.74, 6) is 0. The van der Waals surface area contributed by atoms with E-state index in [9.17, 15) is 0 Å². The average Bonchev–Trinajstić information content (AvgIpc) is 3.13. The van der Waals surface area contributed by atoms with Gasteiger partial charge in [-0.2, -0.15) is 0 Å². The third-order valence-electron chi connectivity index (χ3n) is 4.45. The van der Waals surface area contributed by atoms with Crippen molar-refractivity contribution in [2.45, 2.75) is 13.5 Å². The topological polar surface area (TPSA) is 39.9 Å². The van der Waals surface area contributed by atoms with Gasteiger partial charge in [-0.05, 0) is 0 Å². The van der Waals surface area contributed by atoms with Crippen molar-refractivity contribution in [2.75, 3.05) is 6.61 Å². The fraction of sp³-hybridized carbons (Fsp3) is 0.136. The van der Waals surface area contributed by atoms with E-state index in [4.69, 9.17) is 4.74 Å². The van der Waals surface area contributed by atoms with E-state index in [0.717, 1.165) is 21.0 Å². The van der Waals surface area contributed by atoms with Crippen LogP contribution in [0.3, 0.4) is 0 Å². The number of benzene rings is 3. The van der Waals surface area contributed by atoms with Gasteiger partial charge in [0.1, 0.15) is 0 Å². The zero-order valence-electron chi connectivity index (χ0n) is 15.0. The third-order valence-corrected chi connectivity index (χ3v) is 5.57. The predicted octanol–water partition coefficient (Wildman–Crippen LogP) is 4.21. The molecule has 0 unspecified atom stereocenters. The summed E-state index contributed by atoms with van der Waals surface area (Å²) in [6.45, 7) is 3.28. The van der Waals surface area contributed by atoms with E-state index in [1.807, 2.05) is 29.8 Å². The SMILES string of the molecule is CCO[C](=[W])c1nnn(Cc2cccc3ccccc23)c1-c1ccccc1. The number of fused-ring (bicyclic) bond motifs is 1. The van der Waals surface area contributed by atoms with E-state index in [0.29, 0.717) is 13.2 Å². The summed E-state index contributed by atoms with van der Waals surface area (Å²) in [6.07, 6.45) is 0. The van der Waals surface area contributed by atoms with E-state index >= 15 is 0 Å². The minimum atomic E-state index is 0.628. The van der Waals surface area contributed by atoms with Crippen molar-refractivity contribution in [3.05, 3.63) is 84.1 Å².